The van der Waals surface area contributed by atoms with Gasteiger partial charge in [0.15, 0.2) is 0 Å². The van der Waals surface area contributed by atoms with E-state index in [2.05, 4.69) is 33.8 Å². The summed E-state index contributed by atoms with van der Waals surface area (Å²) < 4.78 is 0. The van der Waals surface area contributed by atoms with E-state index in [1.807, 2.05) is 4.90 Å². The topological polar surface area (TPSA) is 44.1 Å². The molecule has 1 rings (SSSR count). The lowest BCUT2D eigenvalue weighted by Gasteiger charge is -2.44. The average molecular weight is 250 g/mol. The highest BCUT2D eigenvalue weighted by Crippen LogP contribution is 2.46. The predicted octanol–water partition coefficient (Wildman–Crippen LogP) is 3.35. The Hall–Kier alpha value is -1.04. The van der Waals surface area contributed by atoms with Crippen molar-refractivity contribution < 1.29 is 4.79 Å². The Bertz CT molecular complexity index is 326. The van der Waals surface area contributed by atoms with Gasteiger partial charge < -0.3 is 4.90 Å². The molecular weight excluding hydrogens is 224 g/mol. The van der Waals surface area contributed by atoms with Gasteiger partial charge in [0.2, 0.25) is 5.91 Å². The number of carbonyl (C=O) groups is 1. The standard InChI is InChI=1S/C15H26N2O/c1-5-7-8-17(13(4)6-2)14(18)15(11-16)9-12(3)10-15/h12-13H,5-10H2,1-4H3. The van der Waals surface area contributed by atoms with Gasteiger partial charge in [-0.1, -0.05) is 27.2 Å². The molecule has 1 fully saturated rings. The maximum absolute atomic E-state index is 12.6. The van der Waals surface area contributed by atoms with Gasteiger partial charge in [0, 0.05) is 12.6 Å². The lowest BCUT2D eigenvalue weighted by molar-refractivity contribution is -0.147. The molecular formula is C15H26N2O. The molecule has 1 aliphatic rings. The van der Waals surface area contributed by atoms with Crippen LogP contribution >= 0.6 is 0 Å². The zero-order valence-electron chi connectivity index (χ0n) is 12.2. The molecule has 0 aromatic rings. The molecule has 0 aliphatic heterocycles. The highest BCUT2D eigenvalue weighted by Gasteiger charge is 2.51. The Balaban J connectivity index is 2.78. The van der Waals surface area contributed by atoms with Crippen molar-refractivity contribution in [3.05, 3.63) is 0 Å². The van der Waals surface area contributed by atoms with Gasteiger partial charge in [-0.2, -0.15) is 5.26 Å². The monoisotopic (exact) mass is 250 g/mol. The first-order valence-electron chi connectivity index (χ1n) is 7.23. The highest BCUT2D eigenvalue weighted by atomic mass is 16.2. The lowest BCUT2D eigenvalue weighted by atomic mass is 9.62. The molecule has 0 aromatic carbocycles. The Morgan fingerprint density at radius 1 is 1.50 bits per heavy atom. The minimum absolute atomic E-state index is 0.0749. The van der Waals surface area contributed by atoms with E-state index in [-0.39, 0.29) is 11.9 Å². The molecule has 0 aromatic heterocycles. The summed E-state index contributed by atoms with van der Waals surface area (Å²) >= 11 is 0. The predicted molar refractivity (Wildman–Crippen MR) is 72.8 cm³/mol. The number of hydrogen-bond acceptors (Lipinski definition) is 2. The van der Waals surface area contributed by atoms with E-state index in [0.717, 1.165) is 38.6 Å². The highest BCUT2D eigenvalue weighted by molar-refractivity contribution is 5.86. The molecule has 3 heteroatoms. The van der Waals surface area contributed by atoms with Crippen LogP contribution in [0.3, 0.4) is 0 Å². The van der Waals surface area contributed by atoms with E-state index in [0.29, 0.717) is 5.92 Å². The summed E-state index contributed by atoms with van der Waals surface area (Å²) in [4.78, 5) is 14.6. The van der Waals surface area contributed by atoms with Crippen molar-refractivity contribution in [2.45, 2.75) is 65.8 Å². The molecule has 18 heavy (non-hydrogen) atoms. The van der Waals surface area contributed by atoms with Crippen molar-refractivity contribution in [1.82, 2.24) is 4.90 Å². The van der Waals surface area contributed by atoms with Crippen LogP contribution in [0.2, 0.25) is 0 Å². The van der Waals surface area contributed by atoms with Gasteiger partial charge in [0.05, 0.1) is 6.07 Å². The van der Waals surface area contributed by atoms with Gasteiger partial charge in [0.25, 0.3) is 0 Å². The molecule has 1 atom stereocenters. The molecule has 3 nitrogen and oxygen atoms in total. The SMILES string of the molecule is CCCCN(C(=O)C1(C#N)CC(C)C1)C(C)CC. The van der Waals surface area contributed by atoms with Crippen molar-refractivity contribution >= 4 is 5.91 Å². The van der Waals surface area contributed by atoms with Crippen LogP contribution in [0.4, 0.5) is 0 Å². The van der Waals surface area contributed by atoms with E-state index >= 15 is 0 Å². The second-order valence-electron chi connectivity index (χ2n) is 5.82. The number of nitrogens with zero attached hydrogens (tertiary/aromatic N) is 2. The number of hydrogen-bond donors (Lipinski definition) is 0. The van der Waals surface area contributed by atoms with Crippen LogP contribution in [0, 0.1) is 22.7 Å². The number of carbonyl (C=O) groups excluding carboxylic acids is 1. The molecule has 0 N–H and O–H groups in total. The number of unbranched alkanes of at least 4 members (excludes halogenated alkanes) is 1. The Kier molecular flexibility index (Phi) is 5.19. The molecule has 0 heterocycles. The van der Waals surface area contributed by atoms with Gasteiger partial charge in [-0.15, -0.1) is 0 Å². The molecule has 0 radical (unpaired) electrons. The molecule has 1 unspecified atom stereocenters. The summed E-state index contributed by atoms with van der Waals surface area (Å²) in [7, 11) is 0. The van der Waals surface area contributed by atoms with Crippen LogP contribution in [0.1, 0.15) is 59.8 Å². The first-order valence-corrected chi connectivity index (χ1v) is 7.23. The Labute approximate surface area is 111 Å². The zero-order valence-corrected chi connectivity index (χ0v) is 12.2. The normalized spacial score (nSPS) is 28.1. The molecule has 1 aliphatic carbocycles. The van der Waals surface area contributed by atoms with Gasteiger partial charge in [-0.3, -0.25) is 4.79 Å². The van der Waals surface area contributed by atoms with Crippen LogP contribution in [0.5, 0.6) is 0 Å². The van der Waals surface area contributed by atoms with E-state index in [9.17, 15) is 10.1 Å². The second-order valence-corrected chi connectivity index (χ2v) is 5.82. The zero-order chi connectivity index (χ0) is 13.8. The van der Waals surface area contributed by atoms with Crippen LogP contribution in [0.15, 0.2) is 0 Å². The van der Waals surface area contributed by atoms with Gasteiger partial charge >= 0.3 is 0 Å². The van der Waals surface area contributed by atoms with Crippen molar-refractivity contribution in [1.29, 1.82) is 5.26 Å². The van der Waals surface area contributed by atoms with Crippen LogP contribution in [-0.4, -0.2) is 23.4 Å². The summed E-state index contributed by atoms with van der Waals surface area (Å²) in [6.45, 7) is 9.22. The van der Waals surface area contributed by atoms with Crippen LogP contribution in [-0.2, 0) is 4.79 Å². The summed E-state index contributed by atoms with van der Waals surface area (Å²) in [5.74, 6) is 0.587. The summed E-state index contributed by atoms with van der Waals surface area (Å²) in [6, 6.07) is 2.53. The van der Waals surface area contributed by atoms with E-state index < -0.39 is 5.41 Å². The Morgan fingerprint density at radius 2 is 2.11 bits per heavy atom. The fourth-order valence-corrected chi connectivity index (χ4v) is 2.79. The van der Waals surface area contributed by atoms with E-state index in [1.165, 1.54) is 0 Å². The minimum Gasteiger partial charge on any atom is -0.339 e. The third-order valence-electron chi connectivity index (χ3n) is 4.15. The number of rotatable bonds is 6. The summed E-state index contributed by atoms with van der Waals surface area (Å²) in [5, 5.41) is 9.36. The third kappa shape index (κ3) is 2.85. The quantitative estimate of drug-likeness (QED) is 0.725. The second kappa shape index (κ2) is 6.22. The summed E-state index contributed by atoms with van der Waals surface area (Å²) in [6.07, 6.45) is 4.53. The van der Waals surface area contributed by atoms with Crippen molar-refractivity contribution in [2.24, 2.45) is 11.3 Å². The number of nitriles is 1. The molecule has 0 spiro atoms. The van der Waals surface area contributed by atoms with Crippen LogP contribution in [0.25, 0.3) is 0 Å². The molecule has 102 valence electrons. The minimum atomic E-state index is -0.712. The molecule has 1 saturated carbocycles. The van der Waals surface area contributed by atoms with Crippen molar-refractivity contribution in [3.63, 3.8) is 0 Å². The molecule has 0 bridgehead atoms. The Morgan fingerprint density at radius 3 is 2.50 bits per heavy atom. The average Bonchev–Trinajstić information content (AvgIpc) is 2.34. The summed E-state index contributed by atoms with van der Waals surface area (Å²) in [5.41, 5.74) is -0.712. The first kappa shape index (κ1) is 15.0. The first-order chi connectivity index (χ1) is 8.50. The lowest BCUT2D eigenvalue weighted by Crippen LogP contribution is -2.52. The van der Waals surface area contributed by atoms with Gasteiger partial charge in [-0.25, -0.2) is 0 Å². The number of amides is 1. The van der Waals surface area contributed by atoms with Gasteiger partial charge in [-0.05, 0) is 38.5 Å². The molecule has 1 amide bonds. The maximum atomic E-state index is 12.6. The van der Waals surface area contributed by atoms with Crippen LogP contribution < -0.4 is 0 Å². The van der Waals surface area contributed by atoms with E-state index in [4.69, 9.17) is 0 Å². The smallest absolute Gasteiger partial charge is 0.243 e. The fourth-order valence-electron chi connectivity index (χ4n) is 2.79. The maximum Gasteiger partial charge on any atom is 0.243 e. The third-order valence-corrected chi connectivity index (χ3v) is 4.15. The van der Waals surface area contributed by atoms with Crippen molar-refractivity contribution in [2.75, 3.05) is 6.54 Å². The van der Waals surface area contributed by atoms with E-state index in [1.54, 1.807) is 0 Å². The fraction of sp³-hybridized carbons (Fsp3) is 0.867. The largest absolute Gasteiger partial charge is 0.339 e. The van der Waals surface area contributed by atoms with Gasteiger partial charge in [0.1, 0.15) is 5.41 Å². The molecule has 0 saturated heterocycles. The van der Waals surface area contributed by atoms with Crippen molar-refractivity contribution in [3.8, 4) is 6.07 Å².